The van der Waals surface area contributed by atoms with E-state index in [1.54, 1.807) is 0 Å². The van der Waals surface area contributed by atoms with Gasteiger partial charge in [-0.15, -0.1) is 13.2 Å². The number of carbonyl (C=O) groups excluding carboxylic acids is 1. The van der Waals surface area contributed by atoms with Crippen LogP contribution in [0, 0.1) is 0 Å². The maximum atomic E-state index is 11.9. The first-order valence-electron chi connectivity index (χ1n) is 3.63. The van der Waals surface area contributed by atoms with Crippen molar-refractivity contribution in [1.82, 2.24) is 0 Å². The van der Waals surface area contributed by atoms with Crippen LogP contribution in [0.15, 0.2) is 12.1 Å². The molecule has 0 radical (unpaired) electrons. The fourth-order valence-electron chi connectivity index (χ4n) is 0.909. The smallest absolute Gasteiger partial charge is 0.404 e. The zero-order valence-electron chi connectivity index (χ0n) is 7.14. The number of halogens is 4. The lowest BCUT2D eigenvalue weighted by molar-refractivity contribution is -0.274. The van der Waals surface area contributed by atoms with E-state index in [9.17, 15) is 18.0 Å². The number of rotatable bonds is 2. The van der Waals surface area contributed by atoms with E-state index in [1.165, 1.54) is 0 Å². The number of aldehydes is 1. The third-order valence-corrected chi connectivity index (χ3v) is 1.86. The SMILES string of the molecule is Nc1cc(C=O)cc(OC(F)(F)F)c1Cl. The molecule has 7 heteroatoms. The number of hydrogen-bond donors (Lipinski definition) is 1. The largest absolute Gasteiger partial charge is 0.573 e. The van der Waals surface area contributed by atoms with Crippen LogP contribution in [0.1, 0.15) is 10.4 Å². The van der Waals surface area contributed by atoms with E-state index in [1.807, 2.05) is 0 Å². The molecule has 82 valence electrons. The van der Waals surface area contributed by atoms with Crippen LogP contribution in [-0.4, -0.2) is 12.6 Å². The van der Waals surface area contributed by atoms with Gasteiger partial charge in [-0.1, -0.05) is 11.6 Å². The Hall–Kier alpha value is -1.43. The van der Waals surface area contributed by atoms with Gasteiger partial charge < -0.3 is 10.5 Å². The summed E-state index contributed by atoms with van der Waals surface area (Å²) in [6, 6.07) is 2.01. The van der Waals surface area contributed by atoms with Crippen molar-refractivity contribution in [2.75, 3.05) is 5.73 Å². The summed E-state index contributed by atoms with van der Waals surface area (Å²) in [4.78, 5) is 10.4. The lowest BCUT2D eigenvalue weighted by atomic mass is 10.2. The summed E-state index contributed by atoms with van der Waals surface area (Å²) in [5.74, 6) is -0.689. The van der Waals surface area contributed by atoms with Gasteiger partial charge in [0, 0.05) is 5.56 Å². The van der Waals surface area contributed by atoms with Gasteiger partial charge in [-0.2, -0.15) is 0 Å². The fraction of sp³-hybridized carbons (Fsp3) is 0.125. The summed E-state index contributed by atoms with van der Waals surface area (Å²) in [5.41, 5.74) is 5.08. The van der Waals surface area contributed by atoms with Crippen molar-refractivity contribution in [3.63, 3.8) is 0 Å². The molecule has 0 aliphatic carbocycles. The molecule has 15 heavy (non-hydrogen) atoms. The van der Waals surface area contributed by atoms with Gasteiger partial charge in [0.25, 0.3) is 0 Å². The highest BCUT2D eigenvalue weighted by atomic mass is 35.5. The zero-order chi connectivity index (χ0) is 11.6. The molecule has 0 heterocycles. The minimum atomic E-state index is -4.88. The number of hydrogen-bond acceptors (Lipinski definition) is 3. The van der Waals surface area contributed by atoms with E-state index in [-0.39, 0.29) is 16.3 Å². The Morgan fingerprint density at radius 2 is 2.00 bits per heavy atom. The molecule has 0 aliphatic rings. The van der Waals surface area contributed by atoms with Crippen LogP contribution < -0.4 is 10.5 Å². The summed E-state index contributed by atoms with van der Waals surface area (Å²) in [6.07, 6.45) is -4.53. The van der Waals surface area contributed by atoms with Crippen LogP contribution in [-0.2, 0) is 0 Å². The molecule has 0 atom stereocenters. The van der Waals surface area contributed by atoms with Crippen molar-refractivity contribution in [3.8, 4) is 5.75 Å². The Bertz CT molecular complexity index is 392. The molecule has 0 bridgehead atoms. The van der Waals surface area contributed by atoms with E-state index in [0.29, 0.717) is 6.29 Å². The highest BCUT2D eigenvalue weighted by molar-refractivity contribution is 6.34. The van der Waals surface area contributed by atoms with E-state index in [4.69, 9.17) is 17.3 Å². The number of benzene rings is 1. The molecule has 1 aromatic rings. The van der Waals surface area contributed by atoms with E-state index < -0.39 is 12.1 Å². The van der Waals surface area contributed by atoms with Crippen LogP contribution in [0.3, 0.4) is 0 Å². The van der Waals surface area contributed by atoms with Crippen molar-refractivity contribution in [3.05, 3.63) is 22.7 Å². The van der Waals surface area contributed by atoms with Crippen molar-refractivity contribution in [1.29, 1.82) is 0 Å². The van der Waals surface area contributed by atoms with Gasteiger partial charge in [0.15, 0.2) is 5.75 Å². The predicted octanol–water partition coefficient (Wildman–Crippen LogP) is 2.63. The highest BCUT2D eigenvalue weighted by Gasteiger charge is 2.32. The molecule has 0 unspecified atom stereocenters. The second-order valence-corrected chi connectivity index (χ2v) is 2.97. The van der Waals surface area contributed by atoms with Crippen LogP contribution >= 0.6 is 11.6 Å². The maximum absolute atomic E-state index is 11.9. The molecule has 0 spiro atoms. The Morgan fingerprint density at radius 3 is 2.47 bits per heavy atom. The summed E-state index contributed by atoms with van der Waals surface area (Å²) in [5, 5.41) is -0.377. The standard InChI is InChI=1S/C8H5ClF3NO2/c9-7-5(13)1-4(3-14)2-6(7)15-8(10,11)12/h1-3H,13H2. The topological polar surface area (TPSA) is 52.3 Å². The second kappa shape index (κ2) is 3.98. The van der Waals surface area contributed by atoms with Crippen molar-refractivity contribution in [2.24, 2.45) is 0 Å². The van der Waals surface area contributed by atoms with Crippen molar-refractivity contribution >= 4 is 23.6 Å². The molecule has 1 rings (SSSR count). The third-order valence-electron chi connectivity index (χ3n) is 1.45. The molecule has 0 aromatic heterocycles. The zero-order valence-corrected chi connectivity index (χ0v) is 7.89. The molecule has 0 amide bonds. The van der Waals surface area contributed by atoms with Crippen LogP contribution in [0.25, 0.3) is 0 Å². The Balaban J connectivity index is 3.16. The Morgan fingerprint density at radius 1 is 1.40 bits per heavy atom. The minimum absolute atomic E-state index is 0.0452. The van der Waals surface area contributed by atoms with Gasteiger partial charge in [-0.3, -0.25) is 4.79 Å². The number of ether oxygens (including phenoxy) is 1. The van der Waals surface area contributed by atoms with E-state index >= 15 is 0 Å². The lowest BCUT2D eigenvalue weighted by Crippen LogP contribution is -2.17. The highest BCUT2D eigenvalue weighted by Crippen LogP contribution is 2.34. The normalized spacial score (nSPS) is 11.2. The van der Waals surface area contributed by atoms with Crippen LogP contribution in [0.4, 0.5) is 18.9 Å². The first-order chi connectivity index (χ1) is 6.83. The first-order valence-corrected chi connectivity index (χ1v) is 4.01. The Labute approximate surface area is 87.6 Å². The van der Waals surface area contributed by atoms with Gasteiger partial charge in [-0.05, 0) is 12.1 Å². The maximum Gasteiger partial charge on any atom is 0.573 e. The average molecular weight is 240 g/mol. The molecule has 0 saturated carbocycles. The van der Waals surface area contributed by atoms with Crippen LogP contribution in [0.2, 0.25) is 5.02 Å². The van der Waals surface area contributed by atoms with Crippen LogP contribution in [0.5, 0.6) is 5.75 Å². The average Bonchev–Trinajstić information content (AvgIpc) is 2.10. The number of nitrogens with two attached hydrogens (primary N) is 1. The number of alkyl halides is 3. The quantitative estimate of drug-likeness (QED) is 0.638. The van der Waals surface area contributed by atoms with Gasteiger partial charge in [-0.25, -0.2) is 0 Å². The van der Waals surface area contributed by atoms with Gasteiger partial charge >= 0.3 is 6.36 Å². The molecule has 2 N–H and O–H groups in total. The molecule has 0 fully saturated rings. The number of nitrogen functional groups attached to an aromatic ring is 1. The number of anilines is 1. The molecular formula is C8H5ClF3NO2. The molecule has 3 nitrogen and oxygen atoms in total. The third kappa shape index (κ3) is 3.02. The predicted molar refractivity (Wildman–Crippen MR) is 47.9 cm³/mol. The number of carbonyl (C=O) groups is 1. The van der Waals surface area contributed by atoms with Gasteiger partial charge in [0.2, 0.25) is 0 Å². The summed E-state index contributed by atoms with van der Waals surface area (Å²) in [6.45, 7) is 0. The summed E-state index contributed by atoms with van der Waals surface area (Å²) in [7, 11) is 0. The summed E-state index contributed by atoms with van der Waals surface area (Å²) >= 11 is 5.46. The molecular weight excluding hydrogens is 235 g/mol. The van der Waals surface area contributed by atoms with Gasteiger partial charge in [0.1, 0.15) is 11.3 Å². The monoisotopic (exact) mass is 239 g/mol. The summed E-state index contributed by atoms with van der Waals surface area (Å²) < 4.78 is 39.2. The second-order valence-electron chi connectivity index (χ2n) is 2.59. The molecule has 0 saturated heterocycles. The minimum Gasteiger partial charge on any atom is -0.404 e. The van der Waals surface area contributed by atoms with E-state index in [2.05, 4.69) is 4.74 Å². The van der Waals surface area contributed by atoms with Crippen molar-refractivity contribution in [2.45, 2.75) is 6.36 Å². The van der Waals surface area contributed by atoms with Crippen molar-refractivity contribution < 1.29 is 22.7 Å². The fourth-order valence-corrected chi connectivity index (χ4v) is 1.06. The van der Waals surface area contributed by atoms with Gasteiger partial charge in [0.05, 0.1) is 5.69 Å². The Kier molecular flexibility index (Phi) is 3.09. The molecule has 0 aliphatic heterocycles. The van der Waals surface area contributed by atoms with E-state index in [0.717, 1.165) is 12.1 Å². The lowest BCUT2D eigenvalue weighted by Gasteiger charge is -2.11. The molecule has 1 aromatic carbocycles. The first kappa shape index (κ1) is 11.6.